The van der Waals surface area contributed by atoms with Gasteiger partial charge in [-0.1, -0.05) is 29.8 Å². The molecule has 0 radical (unpaired) electrons. The molecule has 0 spiro atoms. The number of aliphatic hydroxyl groups excluding tert-OH is 1. The van der Waals surface area contributed by atoms with E-state index in [9.17, 15) is 0 Å². The van der Waals surface area contributed by atoms with Crippen LogP contribution in [-0.4, -0.2) is 11.7 Å². The van der Waals surface area contributed by atoms with E-state index >= 15 is 0 Å². The number of rotatable bonds is 2. The Balaban J connectivity index is 2.93. The molecule has 0 aliphatic rings. The van der Waals surface area contributed by atoms with E-state index in [1.54, 1.807) is 6.08 Å². The highest BCUT2D eigenvalue weighted by molar-refractivity contribution is 6.30. The molecule has 1 N–H and O–H groups in total. The third kappa shape index (κ3) is 2.68. The van der Waals surface area contributed by atoms with Crippen molar-refractivity contribution in [2.24, 2.45) is 0 Å². The Labute approximate surface area is 77.3 Å². The summed E-state index contributed by atoms with van der Waals surface area (Å²) in [5, 5.41) is 9.28. The second kappa shape index (κ2) is 4.29. The van der Waals surface area contributed by atoms with Crippen molar-refractivity contribution in [3.05, 3.63) is 40.4 Å². The van der Waals surface area contributed by atoms with Crippen LogP contribution in [0.5, 0.6) is 0 Å². The molecule has 1 aromatic carbocycles. The average Bonchev–Trinajstić information content (AvgIpc) is 1.99. The van der Waals surface area contributed by atoms with Gasteiger partial charge in [0.2, 0.25) is 0 Å². The molecule has 1 aromatic rings. The van der Waals surface area contributed by atoms with Gasteiger partial charge < -0.3 is 5.11 Å². The molecule has 0 atom stereocenters. The second-order valence-electron chi connectivity index (χ2n) is 2.65. The third-order valence-electron chi connectivity index (χ3n) is 1.48. The van der Waals surface area contributed by atoms with E-state index in [2.05, 4.69) is 0 Å². The van der Waals surface area contributed by atoms with Crippen LogP contribution in [0.25, 0.3) is 6.08 Å². The maximum atomic E-state index is 8.55. The molecule has 0 unspecified atom stereocenters. The summed E-state index contributed by atoms with van der Waals surface area (Å²) in [5.74, 6) is 0. The summed E-state index contributed by atoms with van der Waals surface area (Å²) in [6.07, 6.45) is 3.53. The van der Waals surface area contributed by atoms with Crippen molar-refractivity contribution in [2.75, 3.05) is 6.61 Å². The molecule has 0 heterocycles. The zero-order chi connectivity index (χ0) is 8.97. The van der Waals surface area contributed by atoms with Gasteiger partial charge in [0.1, 0.15) is 0 Å². The average molecular weight is 183 g/mol. The largest absolute Gasteiger partial charge is 0.392 e. The minimum absolute atomic E-state index is 0.0611. The lowest BCUT2D eigenvalue weighted by atomic mass is 10.1. The summed E-state index contributed by atoms with van der Waals surface area (Å²) in [6, 6.07) is 5.77. The predicted molar refractivity (Wildman–Crippen MR) is 52.3 cm³/mol. The molecule has 0 aromatic heterocycles. The molecular weight excluding hydrogens is 172 g/mol. The molecule has 12 heavy (non-hydrogen) atoms. The van der Waals surface area contributed by atoms with Crippen molar-refractivity contribution < 1.29 is 5.11 Å². The van der Waals surface area contributed by atoms with Gasteiger partial charge in [0.15, 0.2) is 0 Å². The molecule has 1 nitrogen and oxygen atoms in total. The number of aryl methyl sites for hydroxylation is 1. The zero-order valence-electron chi connectivity index (χ0n) is 6.92. The Kier molecular flexibility index (Phi) is 3.32. The maximum Gasteiger partial charge on any atom is 0.0615 e. The summed E-state index contributed by atoms with van der Waals surface area (Å²) < 4.78 is 0. The van der Waals surface area contributed by atoms with Gasteiger partial charge in [0, 0.05) is 5.02 Å². The van der Waals surface area contributed by atoms with E-state index < -0.39 is 0 Å². The van der Waals surface area contributed by atoms with E-state index in [0.29, 0.717) is 0 Å². The lowest BCUT2D eigenvalue weighted by Gasteiger charge is -1.97. The third-order valence-corrected chi connectivity index (χ3v) is 1.70. The van der Waals surface area contributed by atoms with Crippen LogP contribution in [0.2, 0.25) is 5.02 Å². The number of aliphatic hydroxyl groups is 1. The van der Waals surface area contributed by atoms with Crippen molar-refractivity contribution in [2.45, 2.75) is 6.92 Å². The molecule has 0 aliphatic carbocycles. The van der Waals surface area contributed by atoms with Gasteiger partial charge >= 0.3 is 0 Å². The first-order valence-corrected chi connectivity index (χ1v) is 4.15. The van der Waals surface area contributed by atoms with Crippen LogP contribution in [0.4, 0.5) is 0 Å². The van der Waals surface area contributed by atoms with Crippen molar-refractivity contribution in [3.8, 4) is 0 Å². The van der Waals surface area contributed by atoms with Gasteiger partial charge in [-0.05, 0) is 30.2 Å². The lowest BCUT2D eigenvalue weighted by molar-refractivity contribution is 0.343. The van der Waals surface area contributed by atoms with Crippen LogP contribution in [-0.2, 0) is 0 Å². The quantitative estimate of drug-likeness (QED) is 0.746. The minimum Gasteiger partial charge on any atom is -0.392 e. The fourth-order valence-corrected chi connectivity index (χ4v) is 1.35. The second-order valence-corrected chi connectivity index (χ2v) is 3.08. The van der Waals surface area contributed by atoms with Crippen LogP contribution in [0, 0.1) is 6.92 Å². The van der Waals surface area contributed by atoms with Crippen LogP contribution in [0.3, 0.4) is 0 Å². The van der Waals surface area contributed by atoms with Crippen molar-refractivity contribution in [1.29, 1.82) is 0 Å². The highest BCUT2D eigenvalue weighted by atomic mass is 35.5. The number of halogens is 1. The highest BCUT2D eigenvalue weighted by Crippen LogP contribution is 2.15. The Morgan fingerprint density at radius 1 is 1.42 bits per heavy atom. The molecule has 0 bridgehead atoms. The summed E-state index contributed by atoms with van der Waals surface area (Å²) in [7, 11) is 0. The van der Waals surface area contributed by atoms with Gasteiger partial charge in [-0.25, -0.2) is 0 Å². The molecular formula is C10H11ClO. The van der Waals surface area contributed by atoms with Gasteiger partial charge in [0.05, 0.1) is 6.61 Å². The van der Waals surface area contributed by atoms with E-state index in [1.807, 2.05) is 31.2 Å². The molecule has 0 aliphatic heterocycles. The SMILES string of the molecule is Cc1cc(Cl)cc(C=CCO)c1. The first-order valence-electron chi connectivity index (χ1n) is 3.77. The smallest absolute Gasteiger partial charge is 0.0615 e. The highest BCUT2D eigenvalue weighted by Gasteiger charge is 1.92. The molecule has 64 valence electrons. The number of hydrogen-bond donors (Lipinski definition) is 1. The van der Waals surface area contributed by atoms with Gasteiger partial charge in [-0.2, -0.15) is 0 Å². The standard InChI is InChI=1S/C10H11ClO/c1-8-5-9(3-2-4-12)7-10(11)6-8/h2-3,5-7,12H,4H2,1H3. The van der Waals surface area contributed by atoms with E-state index in [0.717, 1.165) is 16.1 Å². The molecule has 0 saturated carbocycles. The lowest BCUT2D eigenvalue weighted by Crippen LogP contribution is -1.78. The molecule has 0 amide bonds. The zero-order valence-corrected chi connectivity index (χ0v) is 7.67. The summed E-state index contributed by atoms with van der Waals surface area (Å²) in [4.78, 5) is 0. The van der Waals surface area contributed by atoms with Crippen LogP contribution in [0.1, 0.15) is 11.1 Å². The van der Waals surface area contributed by atoms with Gasteiger partial charge in [0.25, 0.3) is 0 Å². The van der Waals surface area contributed by atoms with Crippen molar-refractivity contribution in [3.63, 3.8) is 0 Å². The van der Waals surface area contributed by atoms with Crippen molar-refractivity contribution in [1.82, 2.24) is 0 Å². The Morgan fingerprint density at radius 2 is 2.17 bits per heavy atom. The predicted octanol–water partition coefficient (Wildman–Crippen LogP) is 2.65. The molecule has 1 rings (SSSR count). The fraction of sp³-hybridized carbons (Fsp3) is 0.200. The first-order chi connectivity index (χ1) is 5.72. The topological polar surface area (TPSA) is 20.2 Å². The fourth-order valence-electron chi connectivity index (χ4n) is 1.05. The normalized spacial score (nSPS) is 10.9. The van der Waals surface area contributed by atoms with Gasteiger partial charge in [-0.15, -0.1) is 0 Å². The number of benzene rings is 1. The first kappa shape index (κ1) is 9.30. The Bertz CT molecular complexity index is 272. The van der Waals surface area contributed by atoms with E-state index in [-0.39, 0.29) is 6.61 Å². The minimum atomic E-state index is 0.0611. The van der Waals surface area contributed by atoms with Crippen molar-refractivity contribution >= 4 is 17.7 Å². The molecule has 0 fully saturated rings. The number of hydrogen-bond acceptors (Lipinski definition) is 1. The Morgan fingerprint density at radius 3 is 2.75 bits per heavy atom. The summed E-state index contributed by atoms with van der Waals surface area (Å²) in [5.41, 5.74) is 2.15. The summed E-state index contributed by atoms with van der Waals surface area (Å²) >= 11 is 5.83. The van der Waals surface area contributed by atoms with Crippen LogP contribution < -0.4 is 0 Å². The maximum absolute atomic E-state index is 8.55. The molecule has 0 saturated heterocycles. The van der Waals surface area contributed by atoms with Crippen LogP contribution >= 0.6 is 11.6 Å². The van der Waals surface area contributed by atoms with E-state index in [1.165, 1.54) is 0 Å². The monoisotopic (exact) mass is 182 g/mol. The van der Waals surface area contributed by atoms with Gasteiger partial charge in [-0.3, -0.25) is 0 Å². The van der Waals surface area contributed by atoms with Crippen LogP contribution in [0.15, 0.2) is 24.3 Å². The summed E-state index contributed by atoms with van der Waals surface area (Å²) in [6.45, 7) is 2.05. The molecule has 2 heteroatoms. The van der Waals surface area contributed by atoms with E-state index in [4.69, 9.17) is 16.7 Å². The Hall–Kier alpha value is -0.790.